The molecule has 4 heterocycles. The van der Waals surface area contributed by atoms with Crippen LogP contribution in [0.2, 0.25) is 0 Å². The number of carbonyl (C=O) groups is 4. The van der Waals surface area contributed by atoms with Gasteiger partial charge in [0.25, 0.3) is 11.8 Å². The van der Waals surface area contributed by atoms with E-state index in [0.29, 0.717) is 23.5 Å². The van der Waals surface area contributed by atoms with Crippen LogP contribution in [0.25, 0.3) is 0 Å². The fraction of sp³-hybridized carbons (Fsp3) is 0.429. The van der Waals surface area contributed by atoms with E-state index in [4.69, 9.17) is 32.9 Å². The van der Waals surface area contributed by atoms with Crippen LogP contribution in [0.1, 0.15) is 172 Å². The first kappa shape index (κ1) is 82.5. The number of morpholine rings is 2. The molecule has 25 heteroatoms. The van der Waals surface area contributed by atoms with Gasteiger partial charge in [0.1, 0.15) is 64.5 Å². The molecule has 0 bridgehead atoms. The number of hydrogen-bond donors (Lipinski definition) is 2. The molecule has 1 unspecified atom stereocenters. The van der Waals surface area contributed by atoms with Gasteiger partial charge in [0.05, 0.1) is 52.8 Å². The molecule has 10 rings (SSSR count). The lowest BCUT2D eigenvalue weighted by atomic mass is 10.0. The van der Waals surface area contributed by atoms with Crippen molar-refractivity contribution in [3.63, 3.8) is 0 Å². The third-order valence-electron chi connectivity index (χ3n) is 19.8. The average molecular weight is 1530 g/mol. The van der Waals surface area contributed by atoms with Gasteiger partial charge in [-0.25, -0.2) is 18.9 Å². The van der Waals surface area contributed by atoms with Gasteiger partial charge in [-0.05, 0) is 142 Å². The highest BCUT2D eigenvalue weighted by Gasteiger charge is 2.55. The van der Waals surface area contributed by atoms with Crippen LogP contribution in [0.5, 0.6) is 11.5 Å². The van der Waals surface area contributed by atoms with Gasteiger partial charge in [0.15, 0.2) is 19.9 Å². The number of nitrogens with one attached hydrogen (secondary N) is 2. The van der Waals surface area contributed by atoms with Crippen molar-refractivity contribution < 1.29 is 56.7 Å². The summed E-state index contributed by atoms with van der Waals surface area (Å²) in [5.41, 5.74) is 1.97. The minimum Gasteiger partial charge on any atom is -0.497 e. The Hall–Kier alpha value is -9.02. The number of nitrogens with zero attached hydrogens (tertiary/aromatic N) is 7. The fourth-order valence-electron chi connectivity index (χ4n) is 13.8. The van der Waals surface area contributed by atoms with Crippen LogP contribution >= 0.6 is 15.1 Å². The molecule has 0 saturated carbocycles. The fourth-order valence-corrected chi connectivity index (χ4v) is 20.3. The second kappa shape index (κ2) is 41.7. The summed E-state index contributed by atoms with van der Waals surface area (Å²) < 4.78 is 67.9. The zero-order valence-corrected chi connectivity index (χ0v) is 65.5. The largest absolute Gasteiger partial charge is 0.497 e. The van der Waals surface area contributed by atoms with E-state index in [1.54, 1.807) is 81.9 Å². The SMILES string of the molecule is CCCCCCCCCCCCCCCCCCOc1cc(COC(=O)CCC(=O)OC[C@@H]2CN(P(=O)(OC[C@@H]3CN([P+](c4ccccc4)(c4ccccc4)c4ccc(OC)cc4)C[C@H](n4ccc(NC(=O)c5ccccc5)nc4=O)O3)N(C)C)C[C@H](n3ccc(NC(=O)c4ccccc4)nc3=O)O2)cc(C)c1C. The van der Waals surface area contributed by atoms with E-state index in [2.05, 4.69) is 56.5 Å². The number of amides is 2. The molecule has 2 aliphatic rings. The molecule has 2 fully saturated rings. The number of esters is 2. The molecule has 0 radical (unpaired) electrons. The normalized spacial score (nSPS) is 16.8. The summed E-state index contributed by atoms with van der Waals surface area (Å²) in [5, 5.41) is 8.34. The molecule has 580 valence electrons. The molecule has 0 spiro atoms. The molecular formula is C84H106N9O14P2+. The number of aryl methyl sites for hydroxylation is 1. The van der Waals surface area contributed by atoms with E-state index in [1.165, 1.54) is 133 Å². The topological polar surface area (TPSA) is 254 Å². The number of aromatic nitrogens is 4. The highest BCUT2D eigenvalue weighted by Crippen LogP contribution is 2.61. The molecular weight excluding hydrogens is 1420 g/mol. The Balaban J connectivity index is 0.828. The maximum atomic E-state index is 16.2. The molecule has 109 heavy (non-hydrogen) atoms. The van der Waals surface area contributed by atoms with Gasteiger partial charge in [0.2, 0.25) is 0 Å². The molecule has 5 atom stereocenters. The zero-order valence-electron chi connectivity index (χ0n) is 63.8. The maximum Gasteiger partial charge on any atom is 0.351 e. The molecule has 23 nitrogen and oxygen atoms in total. The van der Waals surface area contributed by atoms with Crippen molar-refractivity contribution in [2.75, 3.05) is 77.8 Å². The lowest BCUT2D eigenvalue weighted by Gasteiger charge is -2.45. The summed E-state index contributed by atoms with van der Waals surface area (Å²) in [7, 11) is -2.45. The predicted octanol–water partition coefficient (Wildman–Crippen LogP) is 14.3. The lowest BCUT2D eigenvalue weighted by molar-refractivity contribution is -0.162. The molecule has 2 amide bonds. The van der Waals surface area contributed by atoms with Crippen LogP contribution in [0.15, 0.2) is 192 Å². The smallest absolute Gasteiger partial charge is 0.351 e. The molecule has 2 N–H and O–H groups in total. The number of unbranched alkanes of at least 4 members (excludes halogenated alkanes) is 15. The Morgan fingerprint density at radius 3 is 1.50 bits per heavy atom. The molecule has 6 aromatic carbocycles. The third-order valence-corrected chi connectivity index (χ3v) is 26.7. The first-order chi connectivity index (χ1) is 52.9. The number of benzene rings is 6. The van der Waals surface area contributed by atoms with E-state index in [9.17, 15) is 28.8 Å². The van der Waals surface area contributed by atoms with Crippen LogP contribution in [0.3, 0.4) is 0 Å². The van der Waals surface area contributed by atoms with Crippen LogP contribution in [-0.2, 0) is 44.2 Å². The van der Waals surface area contributed by atoms with Crippen molar-refractivity contribution >= 4 is 66.4 Å². The van der Waals surface area contributed by atoms with Gasteiger partial charge in [0, 0.05) is 30.1 Å². The zero-order chi connectivity index (χ0) is 77.0. The standard InChI is InChI=1S/C84H105N9O14P2/c1-7-8-9-10-11-12-13-14-15-16-17-18-19-20-21-34-53-102-74-55-65(54-63(2)64(74)3)60-103-79(94)47-48-80(95)104-61-69-57-91(59-78(106-69)93-52-50-76(88-84(93)99)86-82(97)67-37-28-23-29-38-67)109(100,89(4)5)105-62-70-56-90(58-77(107-70)92-51-49-75(87-83(92)98)85-81(96)66-35-26-22-27-36-66)108(71-39-30-24-31-40-71,72-41-32-25-33-42-72)73-45-43-68(101-6)44-46-73/h22-33,35-46,49-52,54-55,69-70,77-78H,7-21,34,47-48,53,56-62H2,1-6H3,(H-,85,86,87,88,96,97,98,99)/p+1/t69-,70-,77+,78+,109?/m0/s1. The van der Waals surface area contributed by atoms with E-state index >= 15 is 4.57 Å². The van der Waals surface area contributed by atoms with E-state index in [1.807, 2.05) is 86.6 Å². The quantitative estimate of drug-likeness (QED) is 0.0205. The van der Waals surface area contributed by atoms with Crippen molar-refractivity contribution in [2.24, 2.45) is 0 Å². The summed E-state index contributed by atoms with van der Waals surface area (Å²) in [6.07, 6.45) is 18.7. The number of ether oxygens (including phenoxy) is 6. The second-order valence-corrected chi connectivity index (χ2v) is 34.0. The molecule has 2 saturated heterocycles. The minimum atomic E-state index is -4.27. The maximum absolute atomic E-state index is 16.2. The highest BCUT2D eigenvalue weighted by atomic mass is 31.2. The first-order valence-electron chi connectivity index (χ1n) is 38.3. The van der Waals surface area contributed by atoms with Gasteiger partial charge >= 0.3 is 31.0 Å². The number of hydrogen-bond acceptors (Lipinski definition) is 17. The second-order valence-electron chi connectivity index (χ2n) is 28.0. The van der Waals surface area contributed by atoms with Crippen molar-refractivity contribution in [1.82, 2.24) is 33.1 Å². The van der Waals surface area contributed by atoms with Crippen molar-refractivity contribution in [2.45, 2.75) is 168 Å². The van der Waals surface area contributed by atoms with Crippen molar-refractivity contribution in [3.8, 4) is 11.5 Å². The number of carbonyl (C=O) groups excluding carboxylic acids is 4. The first-order valence-corrected chi connectivity index (χ1v) is 41.6. The Morgan fingerprint density at radius 2 is 1.01 bits per heavy atom. The Morgan fingerprint density at radius 1 is 0.550 bits per heavy atom. The minimum absolute atomic E-state index is 0.0255. The molecule has 8 aromatic rings. The Kier molecular flexibility index (Phi) is 31.5. The Labute approximate surface area is 640 Å². The van der Waals surface area contributed by atoms with Crippen LogP contribution in [0.4, 0.5) is 11.6 Å². The molecule has 2 aromatic heterocycles. The van der Waals surface area contributed by atoms with Gasteiger partial charge in [-0.15, -0.1) is 0 Å². The summed E-state index contributed by atoms with van der Waals surface area (Å²) in [6, 6.07) is 52.0. The monoisotopic (exact) mass is 1530 g/mol. The summed E-state index contributed by atoms with van der Waals surface area (Å²) in [6.45, 7) is 6.05. The van der Waals surface area contributed by atoms with E-state index < -0.39 is 81.5 Å². The highest BCUT2D eigenvalue weighted by molar-refractivity contribution is 7.93. The summed E-state index contributed by atoms with van der Waals surface area (Å²) in [5.74, 6) is -0.880. The van der Waals surface area contributed by atoms with Gasteiger partial charge in [-0.3, -0.25) is 32.9 Å². The van der Waals surface area contributed by atoms with Crippen molar-refractivity contribution in [3.05, 3.63) is 231 Å². The molecule has 0 aliphatic carbocycles. The number of rotatable bonds is 41. The summed E-state index contributed by atoms with van der Waals surface area (Å²) >= 11 is 0. The molecule has 2 aliphatic heterocycles. The van der Waals surface area contributed by atoms with Crippen LogP contribution in [0, 0.1) is 13.8 Å². The number of methoxy groups -OCH3 is 1. The lowest BCUT2D eigenvalue weighted by Crippen LogP contribution is -2.54. The van der Waals surface area contributed by atoms with Gasteiger partial charge < -0.3 is 43.6 Å². The number of anilines is 2. The van der Waals surface area contributed by atoms with Crippen LogP contribution < -0.4 is 47.4 Å². The van der Waals surface area contributed by atoms with Crippen molar-refractivity contribution in [1.29, 1.82) is 0 Å². The van der Waals surface area contributed by atoms with Crippen LogP contribution in [-0.4, -0.2) is 136 Å². The Bertz CT molecular complexity index is 4350. The average Bonchev–Trinajstić information content (AvgIpc) is 0.722. The summed E-state index contributed by atoms with van der Waals surface area (Å²) in [4.78, 5) is 90.7. The van der Waals surface area contributed by atoms with Gasteiger partial charge in [-0.2, -0.15) is 14.6 Å². The van der Waals surface area contributed by atoms with E-state index in [0.717, 1.165) is 51.2 Å². The van der Waals surface area contributed by atoms with Gasteiger partial charge in [-0.1, -0.05) is 182 Å². The predicted molar refractivity (Wildman–Crippen MR) is 427 cm³/mol. The van der Waals surface area contributed by atoms with E-state index in [-0.39, 0.29) is 63.9 Å². The third kappa shape index (κ3) is 23.0.